The molecule has 0 aliphatic carbocycles. The largest absolute Gasteiger partial charge is 0.495 e. The first kappa shape index (κ1) is 25.8. The zero-order chi connectivity index (χ0) is 25.8. The van der Waals surface area contributed by atoms with Gasteiger partial charge in [0.25, 0.3) is 5.91 Å². The van der Waals surface area contributed by atoms with E-state index in [1.54, 1.807) is 18.2 Å². The Balaban J connectivity index is 2.18. The van der Waals surface area contributed by atoms with E-state index in [-0.39, 0.29) is 34.9 Å². The molecule has 3 rings (SSSR count). The number of rotatable bonds is 9. The fraction of sp³-hybridized carbons (Fsp3) is 0.240. The van der Waals surface area contributed by atoms with Gasteiger partial charge in [0.05, 0.1) is 51.1 Å². The number of hydrogen-bond donors (Lipinski definition) is 1. The lowest BCUT2D eigenvalue weighted by atomic mass is 10.1. The van der Waals surface area contributed by atoms with Crippen LogP contribution in [0.1, 0.15) is 21.5 Å². The first-order valence-electron chi connectivity index (χ1n) is 10.5. The lowest BCUT2D eigenvalue weighted by Gasteiger charge is -2.26. The van der Waals surface area contributed by atoms with E-state index in [1.165, 1.54) is 51.7 Å². The summed E-state index contributed by atoms with van der Waals surface area (Å²) < 4.78 is 57.1. The van der Waals surface area contributed by atoms with Crippen LogP contribution >= 0.6 is 0 Å². The number of aryl methyl sites for hydroxylation is 1. The Kier molecular flexibility index (Phi) is 7.85. The Morgan fingerprint density at radius 3 is 2.17 bits per heavy atom. The normalized spacial score (nSPS) is 11.0. The molecule has 0 spiro atoms. The van der Waals surface area contributed by atoms with E-state index in [2.05, 4.69) is 5.32 Å². The number of methoxy groups -OCH3 is 3. The Labute approximate surface area is 204 Å². The molecule has 0 heterocycles. The van der Waals surface area contributed by atoms with Crippen LogP contribution in [0.15, 0.2) is 54.6 Å². The van der Waals surface area contributed by atoms with Crippen molar-refractivity contribution in [2.24, 2.45) is 0 Å². The van der Waals surface area contributed by atoms with Gasteiger partial charge in [-0.1, -0.05) is 24.3 Å². The molecule has 0 bridgehead atoms. The highest BCUT2D eigenvalue weighted by Crippen LogP contribution is 2.38. The topological polar surface area (TPSA) is 94.2 Å². The van der Waals surface area contributed by atoms with Crippen LogP contribution in [0, 0.1) is 12.7 Å². The van der Waals surface area contributed by atoms with E-state index in [9.17, 15) is 17.6 Å². The van der Waals surface area contributed by atoms with Crippen LogP contribution < -0.4 is 23.8 Å². The van der Waals surface area contributed by atoms with Gasteiger partial charge in [-0.05, 0) is 36.8 Å². The van der Waals surface area contributed by atoms with Gasteiger partial charge in [0.2, 0.25) is 10.0 Å². The van der Waals surface area contributed by atoms with E-state index >= 15 is 0 Å². The van der Waals surface area contributed by atoms with Gasteiger partial charge in [0, 0.05) is 11.6 Å². The molecule has 0 saturated carbocycles. The summed E-state index contributed by atoms with van der Waals surface area (Å²) in [6, 6.07) is 13.9. The smallest absolute Gasteiger partial charge is 0.258 e. The van der Waals surface area contributed by atoms with Crippen molar-refractivity contribution >= 4 is 27.3 Å². The maximum absolute atomic E-state index is 14.4. The molecule has 0 fully saturated rings. The minimum absolute atomic E-state index is 0.00229. The molecular formula is C25H27FN2O6S. The predicted octanol–water partition coefficient (Wildman–Crippen LogP) is 4.38. The molecule has 0 aromatic heterocycles. The Hall–Kier alpha value is -3.79. The van der Waals surface area contributed by atoms with Gasteiger partial charge >= 0.3 is 0 Å². The second kappa shape index (κ2) is 10.6. The minimum Gasteiger partial charge on any atom is -0.495 e. The quantitative estimate of drug-likeness (QED) is 0.467. The van der Waals surface area contributed by atoms with Crippen LogP contribution in [0.3, 0.4) is 0 Å². The summed E-state index contributed by atoms with van der Waals surface area (Å²) in [5, 5.41) is 2.77. The number of carbonyl (C=O) groups excluding carboxylic acids is 1. The summed E-state index contributed by atoms with van der Waals surface area (Å²) in [6.07, 6.45) is 0.982. The lowest BCUT2D eigenvalue weighted by Crippen LogP contribution is -2.32. The molecule has 0 aliphatic rings. The highest BCUT2D eigenvalue weighted by atomic mass is 32.2. The third-order valence-electron chi connectivity index (χ3n) is 5.29. The maximum atomic E-state index is 14.4. The maximum Gasteiger partial charge on any atom is 0.258 e. The van der Waals surface area contributed by atoms with Crippen molar-refractivity contribution in [1.29, 1.82) is 0 Å². The van der Waals surface area contributed by atoms with Gasteiger partial charge in [-0.3, -0.25) is 9.10 Å². The second-order valence-electron chi connectivity index (χ2n) is 7.74. The second-order valence-corrected chi connectivity index (χ2v) is 9.65. The number of nitrogens with zero attached hydrogens (tertiary/aromatic N) is 1. The molecule has 186 valence electrons. The third kappa shape index (κ3) is 5.83. The molecule has 0 unspecified atom stereocenters. The molecule has 1 amide bonds. The molecule has 35 heavy (non-hydrogen) atoms. The minimum atomic E-state index is -3.96. The summed E-state index contributed by atoms with van der Waals surface area (Å²) >= 11 is 0. The number of hydrogen-bond acceptors (Lipinski definition) is 6. The monoisotopic (exact) mass is 502 g/mol. The van der Waals surface area contributed by atoms with Crippen LogP contribution in [0.5, 0.6) is 17.2 Å². The molecule has 10 heteroatoms. The summed E-state index contributed by atoms with van der Waals surface area (Å²) in [7, 11) is 0.303. The van der Waals surface area contributed by atoms with Crippen molar-refractivity contribution in [3.63, 3.8) is 0 Å². The van der Waals surface area contributed by atoms with Gasteiger partial charge in [0.15, 0.2) is 11.5 Å². The van der Waals surface area contributed by atoms with Crippen LogP contribution in [-0.4, -0.2) is 41.9 Å². The average molecular weight is 503 g/mol. The van der Waals surface area contributed by atoms with E-state index in [0.717, 1.165) is 16.1 Å². The molecule has 3 aromatic carbocycles. The number of carbonyl (C=O) groups is 1. The van der Waals surface area contributed by atoms with Gasteiger partial charge in [-0.15, -0.1) is 0 Å². The van der Waals surface area contributed by atoms with E-state index in [4.69, 9.17) is 14.2 Å². The van der Waals surface area contributed by atoms with E-state index in [0.29, 0.717) is 11.4 Å². The predicted molar refractivity (Wildman–Crippen MR) is 133 cm³/mol. The van der Waals surface area contributed by atoms with Crippen molar-refractivity contribution in [1.82, 2.24) is 0 Å². The summed E-state index contributed by atoms with van der Waals surface area (Å²) in [5.74, 6) is -0.340. The number of sulfonamides is 1. The summed E-state index contributed by atoms with van der Waals surface area (Å²) in [5.41, 5.74) is 1.40. The van der Waals surface area contributed by atoms with E-state index < -0.39 is 21.7 Å². The first-order chi connectivity index (χ1) is 16.6. The standard InChI is InChI=1S/C25H27FN2O6S/c1-16-10-11-22(32-2)20(12-16)27-25(29)18-13-23(33-3)24(34-4)14-21(18)28(35(5,30)31)15-17-8-6-7-9-19(17)26/h6-14H,15H2,1-5H3,(H,27,29). The molecular weight excluding hydrogens is 475 g/mol. The van der Waals surface area contributed by atoms with E-state index in [1.807, 2.05) is 13.0 Å². The van der Waals surface area contributed by atoms with Crippen molar-refractivity contribution in [3.05, 3.63) is 77.1 Å². The Bertz CT molecular complexity index is 1340. The third-order valence-corrected chi connectivity index (χ3v) is 6.42. The van der Waals surface area contributed by atoms with Crippen molar-refractivity contribution in [2.45, 2.75) is 13.5 Å². The van der Waals surface area contributed by atoms with Gasteiger partial charge in [-0.2, -0.15) is 0 Å². The zero-order valence-corrected chi connectivity index (χ0v) is 20.9. The molecule has 0 saturated heterocycles. The molecule has 0 atom stereocenters. The number of benzene rings is 3. The highest BCUT2D eigenvalue weighted by molar-refractivity contribution is 7.92. The zero-order valence-electron chi connectivity index (χ0n) is 20.1. The molecule has 0 aliphatic heterocycles. The summed E-state index contributed by atoms with van der Waals surface area (Å²) in [6.45, 7) is 1.52. The lowest BCUT2D eigenvalue weighted by molar-refractivity contribution is 0.102. The fourth-order valence-corrected chi connectivity index (χ4v) is 4.41. The van der Waals surface area contributed by atoms with Crippen molar-refractivity contribution in [2.75, 3.05) is 37.2 Å². The highest BCUT2D eigenvalue weighted by Gasteiger charge is 2.27. The number of anilines is 2. The van der Waals surface area contributed by atoms with Gasteiger partial charge in [-0.25, -0.2) is 12.8 Å². The number of nitrogens with one attached hydrogen (secondary N) is 1. The Morgan fingerprint density at radius 1 is 0.943 bits per heavy atom. The fourth-order valence-electron chi connectivity index (χ4n) is 3.53. The summed E-state index contributed by atoms with van der Waals surface area (Å²) in [4.78, 5) is 13.5. The number of ether oxygens (including phenoxy) is 3. The number of amides is 1. The van der Waals surface area contributed by atoms with Crippen LogP contribution in [0.4, 0.5) is 15.8 Å². The average Bonchev–Trinajstić information content (AvgIpc) is 2.82. The molecule has 0 radical (unpaired) electrons. The van der Waals surface area contributed by atoms with Crippen molar-refractivity contribution < 1.29 is 31.8 Å². The van der Waals surface area contributed by atoms with Crippen molar-refractivity contribution in [3.8, 4) is 17.2 Å². The Morgan fingerprint density at radius 2 is 1.57 bits per heavy atom. The van der Waals surface area contributed by atoms with Gasteiger partial charge < -0.3 is 19.5 Å². The van der Waals surface area contributed by atoms with Crippen LogP contribution in [-0.2, 0) is 16.6 Å². The molecule has 1 N–H and O–H groups in total. The number of halogens is 1. The van der Waals surface area contributed by atoms with Crippen LogP contribution in [0.25, 0.3) is 0 Å². The molecule has 8 nitrogen and oxygen atoms in total. The van der Waals surface area contributed by atoms with Gasteiger partial charge in [0.1, 0.15) is 11.6 Å². The van der Waals surface area contributed by atoms with Crippen LogP contribution in [0.2, 0.25) is 0 Å². The SMILES string of the molecule is COc1ccc(C)cc1NC(=O)c1cc(OC)c(OC)cc1N(Cc1ccccc1F)S(C)(=O)=O. The first-order valence-corrected chi connectivity index (χ1v) is 12.4. The molecule has 3 aromatic rings.